The summed E-state index contributed by atoms with van der Waals surface area (Å²) in [7, 11) is 0. The number of ether oxygens (including phenoxy) is 1. The van der Waals surface area contributed by atoms with Crippen molar-refractivity contribution in [2.45, 2.75) is 76.1 Å². The molecule has 2 N–H and O–H groups in total. The molecular formula is C31H38F3N3O6. The number of benzene rings is 1. The summed E-state index contributed by atoms with van der Waals surface area (Å²) in [6, 6.07) is 8.46. The molecule has 2 aromatic rings. The lowest BCUT2D eigenvalue weighted by Gasteiger charge is -2.45. The normalized spacial score (nSPS) is 20.5. The molecule has 2 aliphatic rings. The highest BCUT2D eigenvalue weighted by Crippen LogP contribution is 2.40. The molecule has 43 heavy (non-hydrogen) atoms. The number of piperidine rings is 2. The summed E-state index contributed by atoms with van der Waals surface area (Å²) in [6.45, 7) is 2.84. The SMILES string of the molecule is CCCC1C(C(=O)N2CCC(O)(c3ccccc3OCCCC(=O)O)CC2)CCCN1C(=O)c1ncccc1C(F)(F)F. The van der Waals surface area contributed by atoms with E-state index >= 15 is 0 Å². The first-order chi connectivity index (χ1) is 20.5. The van der Waals surface area contributed by atoms with Crippen LogP contribution < -0.4 is 4.74 Å². The van der Waals surface area contributed by atoms with Gasteiger partial charge in [0.2, 0.25) is 5.91 Å². The van der Waals surface area contributed by atoms with E-state index in [0.29, 0.717) is 43.4 Å². The molecule has 1 aromatic heterocycles. The lowest BCUT2D eigenvalue weighted by molar-refractivity contribution is -0.144. The molecule has 2 saturated heterocycles. The van der Waals surface area contributed by atoms with Crippen molar-refractivity contribution in [2.75, 3.05) is 26.2 Å². The number of carboxylic acids is 1. The van der Waals surface area contributed by atoms with Crippen LogP contribution in [0.4, 0.5) is 13.2 Å². The lowest BCUT2D eigenvalue weighted by Crippen LogP contribution is -2.55. The minimum atomic E-state index is -4.74. The van der Waals surface area contributed by atoms with Gasteiger partial charge in [-0.3, -0.25) is 19.4 Å². The second-order valence-corrected chi connectivity index (χ2v) is 11.2. The van der Waals surface area contributed by atoms with E-state index in [1.165, 1.54) is 4.90 Å². The number of para-hydroxylation sites is 1. The topological polar surface area (TPSA) is 120 Å². The van der Waals surface area contributed by atoms with Gasteiger partial charge in [-0.15, -0.1) is 0 Å². The Morgan fingerprint density at radius 3 is 2.49 bits per heavy atom. The zero-order chi connectivity index (χ0) is 31.2. The average molecular weight is 606 g/mol. The number of halogens is 3. The number of aliphatic hydroxyl groups is 1. The number of carboxylic acid groups (broad SMARTS) is 1. The van der Waals surface area contributed by atoms with Crippen LogP contribution in [-0.4, -0.2) is 75.1 Å². The summed E-state index contributed by atoms with van der Waals surface area (Å²) < 4.78 is 46.8. The second kappa shape index (κ2) is 13.7. The van der Waals surface area contributed by atoms with Crippen molar-refractivity contribution in [3.63, 3.8) is 0 Å². The van der Waals surface area contributed by atoms with Crippen molar-refractivity contribution in [1.82, 2.24) is 14.8 Å². The Kier molecular flexibility index (Phi) is 10.3. The first-order valence-corrected chi connectivity index (χ1v) is 14.7. The predicted octanol–water partition coefficient (Wildman–Crippen LogP) is 4.88. The molecule has 1 aromatic carbocycles. The van der Waals surface area contributed by atoms with E-state index in [1.807, 2.05) is 6.92 Å². The highest BCUT2D eigenvalue weighted by molar-refractivity contribution is 5.95. The zero-order valence-corrected chi connectivity index (χ0v) is 24.2. The fourth-order valence-corrected chi connectivity index (χ4v) is 6.17. The van der Waals surface area contributed by atoms with Gasteiger partial charge in [-0.2, -0.15) is 13.2 Å². The summed E-state index contributed by atoms with van der Waals surface area (Å²) >= 11 is 0. The van der Waals surface area contributed by atoms with Crippen LogP contribution in [0.2, 0.25) is 0 Å². The Balaban J connectivity index is 1.47. The van der Waals surface area contributed by atoms with E-state index < -0.39 is 46.9 Å². The molecule has 12 heteroatoms. The highest BCUT2D eigenvalue weighted by atomic mass is 19.4. The van der Waals surface area contributed by atoms with E-state index in [4.69, 9.17) is 9.84 Å². The summed E-state index contributed by atoms with van der Waals surface area (Å²) in [5, 5.41) is 20.4. The number of carbonyl (C=O) groups is 3. The molecule has 234 valence electrons. The molecule has 2 fully saturated rings. The maximum Gasteiger partial charge on any atom is 0.418 e. The maximum absolute atomic E-state index is 13.9. The summed E-state index contributed by atoms with van der Waals surface area (Å²) in [4.78, 5) is 45.0. The summed E-state index contributed by atoms with van der Waals surface area (Å²) in [6.07, 6.45) is -0.724. The molecule has 4 rings (SSSR count). The van der Waals surface area contributed by atoms with Gasteiger partial charge in [-0.05, 0) is 56.7 Å². The molecule has 2 atom stereocenters. The molecule has 0 bridgehead atoms. The Morgan fingerprint density at radius 1 is 1.09 bits per heavy atom. The average Bonchev–Trinajstić information content (AvgIpc) is 2.99. The number of carbonyl (C=O) groups excluding carboxylic acids is 2. The minimum Gasteiger partial charge on any atom is -0.493 e. The van der Waals surface area contributed by atoms with Crippen LogP contribution in [0.5, 0.6) is 5.75 Å². The summed E-state index contributed by atoms with van der Waals surface area (Å²) in [5.74, 6) is -2.02. The van der Waals surface area contributed by atoms with E-state index in [0.717, 1.165) is 18.3 Å². The number of amides is 2. The van der Waals surface area contributed by atoms with Crippen LogP contribution in [0, 0.1) is 5.92 Å². The van der Waals surface area contributed by atoms with Gasteiger partial charge in [0.05, 0.1) is 23.7 Å². The van der Waals surface area contributed by atoms with E-state index in [2.05, 4.69) is 4.98 Å². The number of nitrogens with zero attached hydrogens (tertiary/aromatic N) is 3. The van der Waals surface area contributed by atoms with Crippen LogP contribution >= 0.6 is 0 Å². The third-order valence-electron chi connectivity index (χ3n) is 8.34. The Labute approximate surface area is 248 Å². The second-order valence-electron chi connectivity index (χ2n) is 11.2. The van der Waals surface area contributed by atoms with Crippen molar-refractivity contribution in [1.29, 1.82) is 0 Å². The van der Waals surface area contributed by atoms with Crippen LogP contribution in [-0.2, 0) is 21.4 Å². The van der Waals surface area contributed by atoms with Gasteiger partial charge in [-0.1, -0.05) is 31.5 Å². The van der Waals surface area contributed by atoms with Crippen molar-refractivity contribution < 1.29 is 42.5 Å². The van der Waals surface area contributed by atoms with Crippen molar-refractivity contribution in [3.05, 3.63) is 59.4 Å². The Hall–Kier alpha value is -3.67. The van der Waals surface area contributed by atoms with Gasteiger partial charge < -0.3 is 24.7 Å². The molecule has 0 radical (unpaired) electrons. The number of hydrogen-bond acceptors (Lipinski definition) is 6. The Morgan fingerprint density at radius 2 is 1.81 bits per heavy atom. The molecule has 0 aliphatic carbocycles. The van der Waals surface area contributed by atoms with Gasteiger partial charge >= 0.3 is 12.1 Å². The number of pyridine rings is 1. The monoisotopic (exact) mass is 605 g/mol. The molecule has 0 spiro atoms. The molecular weight excluding hydrogens is 567 g/mol. The number of aliphatic carboxylic acids is 1. The molecule has 9 nitrogen and oxygen atoms in total. The zero-order valence-electron chi connectivity index (χ0n) is 24.2. The van der Waals surface area contributed by atoms with Crippen molar-refractivity contribution >= 4 is 17.8 Å². The number of hydrogen-bond donors (Lipinski definition) is 2. The Bertz CT molecular complexity index is 1300. The van der Waals surface area contributed by atoms with Crippen molar-refractivity contribution in [2.24, 2.45) is 5.92 Å². The van der Waals surface area contributed by atoms with Crippen LogP contribution in [0.15, 0.2) is 42.6 Å². The third kappa shape index (κ3) is 7.46. The van der Waals surface area contributed by atoms with E-state index in [9.17, 15) is 32.7 Å². The van der Waals surface area contributed by atoms with Gasteiger partial charge in [0.1, 0.15) is 11.4 Å². The first-order valence-electron chi connectivity index (χ1n) is 14.7. The fourth-order valence-electron chi connectivity index (χ4n) is 6.17. The standard InChI is InChI=1S/C31H38F3N3O6/c1-2-8-24-21(9-6-17-37(24)29(41)27-23(31(32,33)34)11-5-16-35-27)28(40)36-18-14-30(42,15-19-36)22-10-3-4-12-25(22)43-20-7-13-26(38)39/h3-5,10-12,16,21,24,42H,2,6-9,13-15,17-20H2,1H3,(H,38,39). The number of likely N-dealkylation sites (tertiary alicyclic amines) is 2. The summed E-state index contributed by atoms with van der Waals surface area (Å²) in [5.41, 5.74) is -2.43. The van der Waals surface area contributed by atoms with Crippen LogP contribution in [0.1, 0.15) is 79.9 Å². The van der Waals surface area contributed by atoms with E-state index in [1.54, 1.807) is 29.2 Å². The smallest absolute Gasteiger partial charge is 0.418 e. The van der Waals surface area contributed by atoms with Gasteiger partial charge in [-0.25, -0.2) is 0 Å². The van der Waals surface area contributed by atoms with E-state index in [-0.39, 0.29) is 51.4 Å². The van der Waals surface area contributed by atoms with Gasteiger partial charge in [0.25, 0.3) is 5.91 Å². The fraction of sp³-hybridized carbons (Fsp3) is 0.548. The quantitative estimate of drug-likeness (QED) is 0.371. The van der Waals surface area contributed by atoms with Gasteiger partial charge in [0, 0.05) is 43.9 Å². The van der Waals surface area contributed by atoms with Crippen LogP contribution in [0.25, 0.3) is 0 Å². The maximum atomic E-state index is 13.9. The first kappa shape index (κ1) is 32.2. The lowest BCUT2D eigenvalue weighted by atomic mass is 9.81. The molecule has 2 aliphatic heterocycles. The molecule has 0 saturated carbocycles. The van der Waals surface area contributed by atoms with Gasteiger partial charge in [0.15, 0.2) is 0 Å². The third-order valence-corrected chi connectivity index (χ3v) is 8.34. The number of rotatable bonds is 10. The molecule has 3 heterocycles. The minimum absolute atomic E-state index is 0.0297. The predicted molar refractivity (Wildman–Crippen MR) is 150 cm³/mol. The largest absolute Gasteiger partial charge is 0.493 e. The number of alkyl halides is 3. The number of aromatic nitrogens is 1. The van der Waals surface area contributed by atoms with Crippen LogP contribution in [0.3, 0.4) is 0 Å². The highest BCUT2D eigenvalue weighted by Gasteiger charge is 2.45. The molecule has 2 amide bonds. The molecule has 2 unspecified atom stereocenters. The van der Waals surface area contributed by atoms with Crippen molar-refractivity contribution in [3.8, 4) is 5.75 Å².